The smallest absolute Gasteiger partial charge is 0.287 e. The molecule has 148 valence electrons. The highest BCUT2D eigenvalue weighted by Crippen LogP contribution is 2.28. The van der Waals surface area contributed by atoms with E-state index in [1.54, 1.807) is 12.5 Å². The normalized spacial score (nSPS) is 11.3. The van der Waals surface area contributed by atoms with Crippen molar-refractivity contribution in [3.05, 3.63) is 88.5 Å². The van der Waals surface area contributed by atoms with Crippen LogP contribution in [0.3, 0.4) is 0 Å². The van der Waals surface area contributed by atoms with E-state index in [0.717, 1.165) is 37.8 Å². The zero-order valence-corrected chi connectivity index (χ0v) is 17.7. The van der Waals surface area contributed by atoms with E-state index in [1.165, 1.54) is 0 Å². The summed E-state index contributed by atoms with van der Waals surface area (Å²) in [7, 11) is 0. The first-order valence-corrected chi connectivity index (χ1v) is 10.2. The van der Waals surface area contributed by atoms with Crippen molar-refractivity contribution >= 4 is 43.8 Å². The summed E-state index contributed by atoms with van der Waals surface area (Å²) in [5.41, 5.74) is 4.33. The van der Waals surface area contributed by atoms with Crippen molar-refractivity contribution in [3.8, 4) is 5.82 Å². The molecule has 7 heteroatoms. The minimum Gasteiger partial charge on any atom is -0.451 e. The Morgan fingerprint density at radius 3 is 2.83 bits per heavy atom. The molecule has 0 atom stereocenters. The second-order valence-corrected chi connectivity index (χ2v) is 7.92. The lowest BCUT2D eigenvalue weighted by atomic mass is 10.1. The quantitative estimate of drug-likeness (QED) is 0.401. The molecule has 6 nitrogen and oxygen atoms in total. The summed E-state index contributed by atoms with van der Waals surface area (Å²) in [6.45, 7) is 2.25. The number of halogens is 1. The number of nitrogens with zero attached hydrogens (tertiary/aromatic N) is 3. The molecule has 30 heavy (non-hydrogen) atoms. The van der Waals surface area contributed by atoms with Crippen LogP contribution in [0, 0.1) is 6.92 Å². The van der Waals surface area contributed by atoms with Gasteiger partial charge in [0.1, 0.15) is 17.7 Å². The number of aromatic nitrogens is 3. The van der Waals surface area contributed by atoms with Gasteiger partial charge in [-0.05, 0) is 48.9 Å². The number of benzene rings is 2. The largest absolute Gasteiger partial charge is 0.451 e. The van der Waals surface area contributed by atoms with Crippen molar-refractivity contribution in [2.45, 2.75) is 13.5 Å². The maximum Gasteiger partial charge on any atom is 0.287 e. The Kier molecular flexibility index (Phi) is 4.59. The van der Waals surface area contributed by atoms with Crippen molar-refractivity contribution in [2.75, 3.05) is 0 Å². The lowest BCUT2D eigenvalue weighted by Gasteiger charge is -2.06. The van der Waals surface area contributed by atoms with Crippen LogP contribution in [0.1, 0.15) is 21.7 Å². The van der Waals surface area contributed by atoms with Gasteiger partial charge in [-0.25, -0.2) is 9.97 Å². The third-order valence-corrected chi connectivity index (χ3v) is 5.56. The van der Waals surface area contributed by atoms with Crippen molar-refractivity contribution in [3.63, 3.8) is 0 Å². The first-order chi connectivity index (χ1) is 14.6. The molecular weight excluding hydrogens is 444 g/mol. The predicted octanol–water partition coefficient (Wildman–Crippen LogP) is 5.17. The van der Waals surface area contributed by atoms with Gasteiger partial charge in [0.2, 0.25) is 0 Å². The molecule has 0 radical (unpaired) electrons. The predicted molar refractivity (Wildman–Crippen MR) is 119 cm³/mol. The highest BCUT2D eigenvalue weighted by molar-refractivity contribution is 9.10. The van der Waals surface area contributed by atoms with Crippen LogP contribution in [0.4, 0.5) is 0 Å². The van der Waals surface area contributed by atoms with Crippen LogP contribution < -0.4 is 5.32 Å². The third-order valence-electron chi connectivity index (χ3n) is 5.07. The molecule has 0 bridgehead atoms. The van der Waals surface area contributed by atoms with Crippen LogP contribution in [0.25, 0.3) is 27.8 Å². The highest BCUT2D eigenvalue weighted by atomic mass is 79.9. The monoisotopic (exact) mass is 460 g/mol. The Morgan fingerprint density at radius 2 is 2.00 bits per heavy atom. The molecule has 0 aliphatic carbocycles. The molecule has 5 rings (SSSR count). The molecule has 0 fully saturated rings. The topological polar surface area (TPSA) is 73.0 Å². The van der Waals surface area contributed by atoms with Crippen LogP contribution in [-0.4, -0.2) is 20.4 Å². The number of nitrogens with one attached hydrogen (secondary N) is 1. The van der Waals surface area contributed by atoms with E-state index < -0.39 is 0 Å². The average molecular weight is 461 g/mol. The van der Waals surface area contributed by atoms with Crippen molar-refractivity contribution < 1.29 is 9.21 Å². The maximum absolute atomic E-state index is 12.6. The van der Waals surface area contributed by atoms with E-state index >= 15 is 0 Å². The van der Waals surface area contributed by atoms with Crippen LogP contribution in [0.5, 0.6) is 0 Å². The molecule has 0 aliphatic rings. The zero-order chi connectivity index (χ0) is 20.7. The number of hydrogen-bond acceptors (Lipinski definition) is 4. The summed E-state index contributed by atoms with van der Waals surface area (Å²) in [6.07, 6.45) is 3.52. The Labute approximate surface area is 180 Å². The number of aryl methyl sites for hydroxylation is 1. The van der Waals surface area contributed by atoms with Crippen molar-refractivity contribution in [1.82, 2.24) is 19.9 Å². The summed E-state index contributed by atoms with van der Waals surface area (Å²) < 4.78 is 8.64. The van der Waals surface area contributed by atoms with Gasteiger partial charge in [0, 0.05) is 28.2 Å². The summed E-state index contributed by atoms with van der Waals surface area (Å²) in [6, 6.07) is 17.5. The molecule has 5 aromatic rings. The maximum atomic E-state index is 12.6. The number of para-hydroxylation sites is 2. The fraction of sp³-hybridized carbons (Fsp3) is 0.0870. The zero-order valence-electron chi connectivity index (χ0n) is 16.1. The van der Waals surface area contributed by atoms with Crippen LogP contribution >= 0.6 is 15.9 Å². The molecule has 0 saturated heterocycles. The van der Waals surface area contributed by atoms with Gasteiger partial charge >= 0.3 is 0 Å². The minimum absolute atomic E-state index is 0.246. The molecular formula is C23H17BrN4O2. The number of carbonyl (C=O) groups excluding carboxylic acids is 1. The first kappa shape index (κ1) is 18.6. The molecule has 1 amide bonds. The van der Waals surface area contributed by atoms with Gasteiger partial charge in [-0.1, -0.05) is 34.1 Å². The average Bonchev–Trinajstić information content (AvgIpc) is 3.34. The standard InChI is InChI=1S/C23H17BrN4O2/c1-14-17-10-16(24)7-8-20(17)30-22(14)23(29)26-12-15-6-9-21(25-11-15)28-13-27-18-4-2-3-5-19(18)28/h2-11,13H,12H2,1H3,(H,26,29). The number of carbonyl (C=O) groups is 1. The Balaban J connectivity index is 1.32. The first-order valence-electron chi connectivity index (χ1n) is 9.44. The molecule has 0 spiro atoms. The van der Waals surface area contributed by atoms with Crippen LogP contribution in [0.2, 0.25) is 0 Å². The Hall–Kier alpha value is -3.45. The number of imidazole rings is 1. The lowest BCUT2D eigenvalue weighted by molar-refractivity contribution is 0.0924. The van der Waals surface area contributed by atoms with Gasteiger partial charge in [-0.2, -0.15) is 0 Å². The second-order valence-electron chi connectivity index (χ2n) is 7.01. The number of fused-ring (bicyclic) bond motifs is 2. The van der Waals surface area contributed by atoms with Gasteiger partial charge in [-0.15, -0.1) is 0 Å². The number of furan rings is 1. The third kappa shape index (κ3) is 3.27. The van der Waals surface area contributed by atoms with E-state index in [1.807, 2.05) is 66.1 Å². The number of hydrogen-bond donors (Lipinski definition) is 1. The van der Waals surface area contributed by atoms with E-state index in [0.29, 0.717) is 17.9 Å². The summed E-state index contributed by atoms with van der Waals surface area (Å²) in [5.74, 6) is 0.861. The molecule has 0 unspecified atom stereocenters. The summed E-state index contributed by atoms with van der Waals surface area (Å²) >= 11 is 3.45. The van der Waals surface area contributed by atoms with E-state index in [2.05, 4.69) is 31.2 Å². The van der Waals surface area contributed by atoms with Gasteiger partial charge in [-0.3, -0.25) is 9.36 Å². The molecule has 1 N–H and O–H groups in total. The number of pyridine rings is 1. The number of rotatable bonds is 4. The molecule has 0 saturated carbocycles. The molecule has 2 aromatic carbocycles. The highest BCUT2D eigenvalue weighted by Gasteiger charge is 2.17. The van der Waals surface area contributed by atoms with Gasteiger partial charge in [0.15, 0.2) is 5.76 Å². The van der Waals surface area contributed by atoms with E-state index in [9.17, 15) is 4.79 Å². The van der Waals surface area contributed by atoms with Crippen LogP contribution in [0.15, 0.2) is 76.0 Å². The molecule has 3 heterocycles. The number of amides is 1. The van der Waals surface area contributed by atoms with E-state index in [4.69, 9.17) is 4.42 Å². The minimum atomic E-state index is -0.246. The molecule has 3 aromatic heterocycles. The lowest BCUT2D eigenvalue weighted by Crippen LogP contribution is -2.23. The van der Waals surface area contributed by atoms with Crippen LogP contribution in [-0.2, 0) is 6.54 Å². The van der Waals surface area contributed by atoms with Crippen molar-refractivity contribution in [1.29, 1.82) is 0 Å². The van der Waals surface area contributed by atoms with Gasteiger partial charge in [0.05, 0.1) is 11.0 Å². The molecule has 0 aliphatic heterocycles. The fourth-order valence-electron chi connectivity index (χ4n) is 3.48. The second kappa shape index (κ2) is 7.42. The summed E-state index contributed by atoms with van der Waals surface area (Å²) in [4.78, 5) is 21.6. The SMILES string of the molecule is Cc1c(C(=O)NCc2ccc(-n3cnc4ccccc43)nc2)oc2ccc(Br)cc12. The fourth-order valence-corrected chi connectivity index (χ4v) is 3.84. The summed E-state index contributed by atoms with van der Waals surface area (Å²) in [5, 5.41) is 3.84. The van der Waals surface area contributed by atoms with Gasteiger partial charge in [0.25, 0.3) is 5.91 Å². The Bertz CT molecular complexity index is 1390. The van der Waals surface area contributed by atoms with Gasteiger partial charge < -0.3 is 9.73 Å². The van der Waals surface area contributed by atoms with E-state index in [-0.39, 0.29) is 5.91 Å². The Morgan fingerprint density at radius 1 is 1.13 bits per heavy atom. The van der Waals surface area contributed by atoms with Crippen molar-refractivity contribution in [2.24, 2.45) is 0 Å².